The fourth-order valence-corrected chi connectivity index (χ4v) is 2.53. The van der Waals surface area contributed by atoms with Crippen LogP contribution >= 0.6 is 0 Å². The molecule has 0 aliphatic carbocycles. The maximum absolute atomic E-state index is 8.66. The zero-order chi connectivity index (χ0) is 15.9. The average molecular weight is 314 g/mol. The Hall–Kier alpha value is -0.740. The van der Waals surface area contributed by atoms with Crippen molar-refractivity contribution in [1.29, 1.82) is 0 Å². The molecule has 130 valence electrons. The molecule has 1 heterocycles. The second-order valence-electron chi connectivity index (χ2n) is 6.01. The van der Waals surface area contributed by atoms with E-state index in [0.29, 0.717) is 19.6 Å². The summed E-state index contributed by atoms with van der Waals surface area (Å²) in [5.74, 6) is 0.763. The van der Waals surface area contributed by atoms with E-state index in [0.717, 1.165) is 18.6 Å². The molecule has 1 aliphatic heterocycles. The van der Waals surface area contributed by atoms with E-state index in [9.17, 15) is 0 Å². The van der Waals surface area contributed by atoms with Gasteiger partial charge < -0.3 is 19.3 Å². The van der Waals surface area contributed by atoms with Crippen molar-refractivity contribution in [1.82, 2.24) is 0 Å². The van der Waals surface area contributed by atoms with Crippen molar-refractivity contribution in [3.8, 4) is 0 Å². The first-order valence-electron chi connectivity index (χ1n) is 9.06. The molecule has 0 aromatic heterocycles. The second kappa shape index (κ2) is 13.9. The van der Waals surface area contributed by atoms with Gasteiger partial charge in [0.2, 0.25) is 6.29 Å². The smallest absolute Gasteiger partial charge is 0.240 e. The van der Waals surface area contributed by atoms with Gasteiger partial charge in [-0.3, -0.25) is 0 Å². The highest BCUT2D eigenvalue weighted by Crippen LogP contribution is 2.20. The van der Waals surface area contributed by atoms with Crippen LogP contribution in [0.3, 0.4) is 0 Å². The number of rotatable bonds is 15. The minimum atomic E-state index is -0.124. The molecule has 0 aromatic rings. The van der Waals surface area contributed by atoms with Crippen LogP contribution < -0.4 is 0 Å². The molecular formula is C18H34O4. The van der Waals surface area contributed by atoms with Crippen LogP contribution in [-0.4, -0.2) is 31.2 Å². The van der Waals surface area contributed by atoms with Crippen LogP contribution in [0.25, 0.3) is 0 Å². The van der Waals surface area contributed by atoms with Crippen LogP contribution in [0.4, 0.5) is 0 Å². The molecule has 1 rings (SSSR count). The fourth-order valence-electron chi connectivity index (χ4n) is 2.53. The van der Waals surface area contributed by atoms with Crippen LogP contribution in [0, 0.1) is 0 Å². The van der Waals surface area contributed by atoms with Crippen molar-refractivity contribution in [2.24, 2.45) is 0 Å². The summed E-state index contributed by atoms with van der Waals surface area (Å²) in [4.78, 5) is 0. The van der Waals surface area contributed by atoms with Crippen LogP contribution in [0.1, 0.15) is 77.6 Å². The summed E-state index contributed by atoms with van der Waals surface area (Å²) in [5, 5.41) is 8.66. The van der Waals surface area contributed by atoms with Crippen LogP contribution in [-0.2, 0) is 14.2 Å². The lowest BCUT2D eigenvalue weighted by molar-refractivity contribution is -0.0472. The van der Waals surface area contributed by atoms with E-state index in [1.165, 1.54) is 51.4 Å². The number of ether oxygens (including phenoxy) is 3. The van der Waals surface area contributed by atoms with E-state index in [4.69, 9.17) is 19.3 Å². The normalized spacial score (nSPS) is 17.2. The lowest BCUT2D eigenvalue weighted by atomic mass is 10.1. The van der Waals surface area contributed by atoms with Gasteiger partial charge >= 0.3 is 0 Å². The SMILES string of the molecule is CCCCCCCCCCCC1OC=C(COCCCO)O1. The van der Waals surface area contributed by atoms with Crippen LogP contribution in [0.2, 0.25) is 0 Å². The molecule has 1 atom stereocenters. The van der Waals surface area contributed by atoms with Gasteiger partial charge in [-0.2, -0.15) is 0 Å². The maximum Gasteiger partial charge on any atom is 0.240 e. The predicted octanol–water partition coefficient (Wildman–Crippen LogP) is 4.52. The lowest BCUT2D eigenvalue weighted by Gasteiger charge is -2.11. The molecule has 1 N–H and O–H groups in total. The van der Waals surface area contributed by atoms with Gasteiger partial charge in [-0.15, -0.1) is 0 Å². The number of unbranched alkanes of at least 4 members (excludes halogenated alkanes) is 8. The third-order valence-corrected chi connectivity index (χ3v) is 3.87. The molecule has 0 saturated carbocycles. The Balaban J connectivity index is 1.85. The minimum absolute atomic E-state index is 0.124. The Morgan fingerprint density at radius 3 is 2.36 bits per heavy atom. The molecule has 1 unspecified atom stereocenters. The maximum atomic E-state index is 8.66. The summed E-state index contributed by atoms with van der Waals surface area (Å²) >= 11 is 0. The Kier molecular flexibility index (Phi) is 12.2. The topological polar surface area (TPSA) is 47.9 Å². The summed E-state index contributed by atoms with van der Waals surface area (Å²) in [7, 11) is 0. The molecule has 1 aliphatic rings. The van der Waals surface area contributed by atoms with Crippen molar-refractivity contribution < 1.29 is 19.3 Å². The van der Waals surface area contributed by atoms with Crippen LogP contribution in [0.5, 0.6) is 0 Å². The van der Waals surface area contributed by atoms with E-state index in [1.807, 2.05) is 0 Å². The van der Waals surface area contributed by atoms with E-state index >= 15 is 0 Å². The van der Waals surface area contributed by atoms with Crippen molar-refractivity contribution in [3.63, 3.8) is 0 Å². The van der Waals surface area contributed by atoms with Gasteiger partial charge in [0.15, 0.2) is 5.76 Å². The van der Waals surface area contributed by atoms with Gasteiger partial charge in [0.1, 0.15) is 12.9 Å². The van der Waals surface area contributed by atoms with E-state index in [-0.39, 0.29) is 12.9 Å². The lowest BCUT2D eigenvalue weighted by Crippen LogP contribution is -2.10. The highest BCUT2D eigenvalue weighted by molar-refractivity contribution is 4.92. The molecule has 22 heavy (non-hydrogen) atoms. The van der Waals surface area contributed by atoms with Crippen molar-refractivity contribution in [3.05, 3.63) is 12.0 Å². The summed E-state index contributed by atoms with van der Waals surface area (Å²) in [6, 6.07) is 0. The Labute approximate surface area is 135 Å². The molecule has 0 bridgehead atoms. The standard InChI is InChI=1S/C18H34O4/c1-2-3-4-5-6-7-8-9-10-12-18-21-16-17(22-18)15-20-14-11-13-19/h16,18-19H,2-15H2,1H3. The quantitative estimate of drug-likeness (QED) is 0.451. The summed E-state index contributed by atoms with van der Waals surface area (Å²) in [6.45, 7) is 3.42. The number of aliphatic hydroxyl groups excluding tert-OH is 1. The van der Waals surface area contributed by atoms with E-state index in [1.54, 1.807) is 6.26 Å². The van der Waals surface area contributed by atoms with Crippen molar-refractivity contribution in [2.45, 2.75) is 83.8 Å². The molecule has 4 nitrogen and oxygen atoms in total. The van der Waals surface area contributed by atoms with Gasteiger partial charge in [-0.05, 0) is 12.8 Å². The molecule has 0 radical (unpaired) electrons. The zero-order valence-electron chi connectivity index (χ0n) is 14.2. The number of hydrogen-bond acceptors (Lipinski definition) is 4. The predicted molar refractivity (Wildman–Crippen MR) is 88.4 cm³/mol. The molecular weight excluding hydrogens is 280 g/mol. The zero-order valence-corrected chi connectivity index (χ0v) is 14.2. The van der Waals surface area contributed by atoms with E-state index in [2.05, 4.69) is 6.92 Å². The molecule has 0 amide bonds. The molecule has 0 spiro atoms. The molecule has 4 heteroatoms. The first-order chi connectivity index (χ1) is 10.9. The highest BCUT2D eigenvalue weighted by Gasteiger charge is 2.18. The Bertz CT molecular complexity index is 278. The van der Waals surface area contributed by atoms with Crippen LogP contribution in [0.15, 0.2) is 12.0 Å². The summed E-state index contributed by atoms with van der Waals surface area (Å²) in [6.07, 6.45) is 15.1. The summed E-state index contributed by atoms with van der Waals surface area (Å²) < 4.78 is 16.5. The van der Waals surface area contributed by atoms with Gasteiger partial charge in [-0.25, -0.2) is 0 Å². The first kappa shape index (κ1) is 19.3. The van der Waals surface area contributed by atoms with Crippen molar-refractivity contribution >= 4 is 0 Å². The Morgan fingerprint density at radius 2 is 1.68 bits per heavy atom. The second-order valence-corrected chi connectivity index (χ2v) is 6.01. The largest absolute Gasteiger partial charge is 0.459 e. The fraction of sp³-hybridized carbons (Fsp3) is 0.889. The third-order valence-electron chi connectivity index (χ3n) is 3.87. The average Bonchev–Trinajstić information content (AvgIpc) is 2.98. The van der Waals surface area contributed by atoms with Gasteiger partial charge in [0.05, 0.1) is 0 Å². The highest BCUT2D eigenvalue weighted by atomic mass is 16.7. The monoisotopic (exact) mass is 314 g/mol. The van der Waals surface area contributed by atoms with E-state index < -0.39 is 0 Å². The van der Waals surface area contributed by atoms with Gasteiger partial charge in [0, 0.05) is 19.6 Å². The van der Waals surface area contributed by atoms with Gasteiger partial charge in [0.25, 0.3) is 0 Å². The number of hydrogen-bond donors (Lipinski definition) is 1. The summed E-state index contributed by atoms with van der Waals surface area (Å²) in [5.41, 5.74) is 0. The minimum Gasteiger partial charge on any atom is -0.459 e. The number of aliphatic hydroxyl groups is 1. The first-order valence-corrected chi connectivity index (χ1v) is 9.06. The van der Waals surface area contributed by atoms with Gasteiger partial charge in [-0.1, -0.05) is 58.3 Å². The third kappa shape index (κ3) is 10.1. The molecule has 0 aromatic carbocycles. The molecule has 0 fully saturated rings. The molecule has 0 saturated heterocycles. The van der Waals surface area contributed by atoms with Crippen molar-refractivity contribution in [2.75, 3.05) is 19.8 Å². The Morgan fingerprint density at radius 1 is 1.00 bits per heavy atom.